The number of aryl methyl sites for hydroxylation is 1. The Bertz CT molecular complexity index is 1040. The average Bonchev–Trinajstić information content (AvgIpc) is 2.85. The standard InChI is InChI=1S/C25H32FN3O3S/c26-23-12-4-5-13-24(23)27-15-17-28(18-16-27)25(30)22-11-6-14-29(20-22)33(31,32)19-7-10-21-8-2-1-3-9-21/h1-5,8-9,12-13,22H,6-7,10-11,14-20H2/t22-/m0/s1. The molecule has 2 aromatic rings. The Kier molecular flexibility index (Phi) is 7.65. The van der Waals surface area contributed by atoms with Crippen molar-refractivity contribution < 1.29 is 17.6 Å². The fraction of sp³-hybridized carbons (Fsp3) is 0.480. The molecule has 8 heteroatoms. The number of rotatable bonds is 7. The molecule has 178 valence electrons. The smallest absolute Gasteiger partial charge is 0.227 e. The minimum absolute atomic E-state index is 0.0207. The van der Waals surface area contributed by atoms with E-state index in [1.54, 1.807) is 12.1 Å². The van der Waals surface area contributed by atoms with Gasteiger partial charge < -0.3 is 9.80 Å². The lowest BCUT2D eigenvalue weighted by Gasteiger charge is -2.39. The molecule has 0 aromatic heterocycles. The van der Waals surface area contributed by atoms with Gasteiger partial charge in [0, 0.05) is 39.3 Å². The zero-order chi connectivity index (χ0) is 23.3. The van der Waals surface area contributed by atoms with Crippen molar-refractivity contribution in [1.29, 1.82) is 0 Å². The number of hydrogen-bond donors (Lipinski definition) is 0. The number of halogens is 1. The number of carbonyl (C=O) groups is 1. The Morgan fingerprint density at radius 2 is 1.64 bits per heavy atom. The molecule has 2 fully saturated rings. The number of benzene rings is 2. The molecule has 0 unspecified atom stereocenters. The SMILES string of the molecule is O=C([C@H]1CCCN(S(=O)(=O)CCCc2ccccc2)C1)N1CCN(c2ccccc2F)CC1. The lowest BCUT2D eigenvalue weighted by Crippen LogP contribution is -2.53. The second kappa shape index (κ2) is 10.7. The highest BCUT2D eigenvalue weighted by molar-refractivity contribution is 7.89. The van der Waals surface area contributed by atoms with Gasteiger partial charge in [0.15, 0.2) is 0 Å². The summed E-state index contributed by atoms with van der Waals surface area (Å²) in [4.78, 5) is 16.9. The van der Waals surface area contributed by atoms with E-state index in [1.807, 2.05) is 46.2 Å². The quantitative estimate of drug-likeness (QED) is 0.620. The maximum Gasteiger partial charge on any atom is 0.227 e. The summed E-state index contributed by atoms with van der Waals surface area (Å²) in [5, 5.41) is 0. The number of para-hydroxylation sites is 1. The summed E-state index contributed by atoms with van der Waals surface area (Å²) in [6, 6.07) is 16.6. The first kappa shape index (κ1) is 23.7. The van der Waals surface area contributed by atoms with Gasteiger partial charge in [-0.25, -0.2) is 17.1 Å². The summed E-state index contributed by atoms with van der Waals surface area (Å²) < 4.78 is 41.4. The van der Waals surface area contributed by atoms with Crippen LogP contribution < -0.4 is 4.90 Å². The number of piperazine rings is 1. The molecule has 2 heterocycles. The third kappa shape index (κ3) is 5.92. The predicted octanol–water partition coefficient (Wildman–Crippen LogP) is 3.15. The Morgan fingerprint density at radius 1 is 0.939 bits per heavy atom. The first-order valence-corrected chi connectivity index (χ1v) is 13.3. The summed E-state index contributed by atoms with van der Waals surface area (Å²) in [7, 11) is -3.39. The van der Waals surface area contributed by atoms with E-state index in [4.69, 9.17) is 0 Å². The number of amides is 1. The molecule has 0 spiro atoms. The largest absolute Gasteiger partial charge is 0.366 e. The Labute approximate surface area is 196 Å². The molecular weight excluding hydrogens is 441 g/mol. The van der Waals surface area contributed by atoms with Crippen molar-refractivity contribution in [3.63, 3.8) is 0 Å². The van der Waals surface area contributed by atoms with E-state index < -0.39 is 10.0 Å². The van der Waals surface area contributed by atoms with E-state index in [1.165, 1.54) is 10.4 Å². The van der Waals surface area contributed by atoms with Crippen molar-refractivity contribution in [2.45, 2.75) is 25.7 Å². The van der Waals surface area contributed by atoms with Crippen LogP contribution in [0.15, 0.2) is 54.6 Å². The number of anilines is 1. The third-order valence-electron chi connectivity index (χ3n) is 6.62. The van der Waals surface area contributed by atoms with Gasteiger partial charge in [0.25, 0.3) is 0 Å². The first-order chi connectivity index (χ1) is 15.9. The maximum atomic E-state index is 14.1. The third-order valence-corrected chi connectivity index (χ3v) is 8.54. The molecule has 0 radical (unpaired) electrons. The lowest BCUT2D eigenvalue weighted by atomic mass is 9.97. The number of piperidine rings is 1. The zero-order valence-electron chi connectivity index (χ0n) is 18.9. The van der Waals surface area contributed by atoms with Gasteiger partial charge in [0.05, 0.1) is 17.4 Å². The van der Waals surface area contributed by atoms with Gasteiger partial charge in [-0.15, -0.1) is 0 Å². The first-order valence-electron chi connectivity index (χ1n) is 11.7. The molecular formula is C25H32FN3O3S. The molecule has 1 amide bonds. The highest BCUT2D eigenvalue weighted by atomic mass is 32.2. The number of hydrogen-bond acceptors (Lipinski definition) is 4. The van der Waals surface area contributed by atoms with Gasteiger partial charge in [-0.1, -0.05) is 42.5 Å². The molecule has 2 aromatic carbocycles. The average molecular weight is 474 g/mol. The van der Waals surface area contributed by atoms with Gasteiger partial charge >= 0.3 is 0 Å². The van der Waals surface area contributed by atoms with Gasteiger partial charge in [-0.05, 0) is 43.4 Å². The van der Waals surface area contributed by atoms with Gasteiger partial charge in [0.2, 0.25) is 15.9 Å². The summed E-state index contributed by atoms with van der Waals surface area (Å²) >= 11 is 0. The number of sulfonamides is 1. The molecule has 2 saturated heterocycles. The summed E-state index contributed by atoms with van der Waals surface area (Å²) in [6.07, 6.45) is 2.70. The fourth-order valence-electron chi connectivity index (χ4n) is 4.76. The molecule has 0 N–H and O–H groups in total. The summed E-state index contributed by atoms with van der Waals surface area (Å²) in [5.41, 5.74) is 1.70. The molecule has 0 bridgehead atoms. The Balaban J connectivity index is 1.29. The molecule has 4 rings (SSSR count). The van der Waals surface area contributed by atoms with Crippen LogP contribution in [0.1, 0.15) is 24.8 Å². The molecule has 33 heavy (non-hydrogen) atoms. The second-order valence-corrected chi connectivity index (χ2v) is 11.0. The van der Waals surface area contributed by atoms with Crippen molar-refractivity contribution in [3.05, 3.63) is 66.0 Å². The van der Waals surface area contributed by atoms with Crippen molar-refractivity contribution in [2.75, 3.05) is 49.9 Å². The molecule has 2 aliphatic heterocycles. The maximum absolute atomic E-state index is 14.1. The number of nitrogens with zero attached hydrogens (tertiary/aromatic N) is 3. The van der Waals surface area contributed by atoms with Crippen molar-refractivity contribution in [1.82, 2.24) is 9.21 Å². The molecule has 1 atom stereocenters. The summed E-state index contributed by atoms with van der Waals surface area (Å²) in [5.74, 6) is -0.433. The molecule has 0 aliphatic carbocycles. The zero-order valence-corrected chi connectivity index (χ0v) is 19.7. The molecule has 2 aliphatic rings. The second-order valence-electron chi connectivity index (χ2n) is 8.87. The lowest BCUT2D eigenvalue weighted by molar-refractivity contribution is -0.137. The highest BCUT2D eigenvalue weighted by Crippen LogP contribution is 2.24. The Hall–Kier alpha value is -2.45. The van der Waals surface area contributed by atoms with Crippen molar-refractivity contribution >= 4 is 21.6 Å². The highest BCUT2D eigenvalue weighted by Gasteiger charge is 2.35. The topological polar surface area (TPSA) is 60.9 Å². The van der Waals surface area contributed by atoms with Gasteiger partial charge in [-0.3, -0.25) is 4.79 Å². The fourth-order valence-corrected chi connectivity index (χ4v) is 6.34. The Morgan fingerprint density at radius 3 is 2.36 bits per heavy atom. The van der Waals surface area contributed by atoms with Crippen LogP contribution in [0.2, 0.25) is 0 Å². The van der Waals surface area contributed by atoms with Crippen LogP contribution in [-0.4, -0.2) is 68.6 Å². The van der Waals surface area contributed by atoms with Crippen LogP contribution in [-0.2, 0) is 21.2 Å². The monoisotopic (exact) mass is 473 g/mol. The van der Waals surface area contributed by atoms with Crippen LogP contribution in [0.4, 0.5) is 10.1 Å². The van der Waals surface area contributed by atoms with Crippen LogP contribution in [0, 0.1) is 11.7 Å². The van der Waals surface area contributed by atoms with Crippen LogP contribution in [0.3, 0.4) is 0 Å². The minimum atomic E-state index is -3.39. The van der Waals surface area contributed by atoms with E-state index in [9.17, 15) is 17.6 Å². The van der Waals surface area contributed by atoms with Crippen molar-refractivity contribution in [3.8, 4) is 0 Å². The normalized spacial score (nSPS) is 20.1. The van der Waals surface area contributed by atoms with E-state index in [-0.39, 0.29) is 29.9 Å². The number of carbonyl (C=O) groups excluding carboxylic acids is 1. The van der Waals surface area contributed by atoms with E-state index in [2.05, 4.69) is 0 Å². The van der Waals surface area contributed by atoms with Crippen LogP contribution in [0.25, 0.3) is 0 Å². The summed E-state index contributed by atoms with van der Waals surface area (Å²) in [6.45, 7) is 2.93. The molecule has 0 saturated carbocycles. The molecule has 6 nitrogen and oxygen atoms in total. The van der Waals surface area contributed by atoms with Gasteiger partial charge in [0.1, 0.15) is 5.82 Å². The van der Waals surface area contributed by atoms with E-state index in [0.29, 0.717) is 57.7 Å². The van der Waals surface area contributed by atoms with Crippen LogP contribution >= 0.6 is 0 Å². The predicted molar refractivity (Wildman–Crippen MR) is 128 cm³/mol. The van der Waals surface area contributed by atoms with Crippen molar-refractivity contribution in [2.24, 2.45) is 5.92 Å². The minimum Gasteiger partial charge on any atom is -0.366 e. The van der Waals surface area contributed by atoms with Gasteiger partial charge in [-0.2, -0.15) is 0 Å². The van der Waals surface area contributed by atoms with E-state index in [0.717, 1.165) is 12.0 Å². The van der Waals surface area contributed by atoms with E-state index >= 15 is 0 Å². The van der Waals surface area contributed by atoms with Crippen LogP contribution in [0.5, 0.6) is 0 Å².